The van der Waals surface area contributed by atoms with Gasteiger partial charge in [-0.15, -0.1) is 0 Å². The number of hydrogen-bond donors (Lipinski definition) is 0. The van der Waals surface area contributed by atoms with Crippen LogP contribution in [0.3, 0.4) is 0 Å². The maximum absolute atomic E-state index is 13.3. The molecule has 0 N–H and O–H groups in total. The summed E-state index contributed by atoms with van der Waals surface area (Å²) in [6.07, 6.45) is -1.22. The first-order valence-corrected chi connectivity index (χ1v) is 10.3. The highest BCUT2D eigenvalue weighted by Crippen LogP contribution is 2.33. The summed E-state index contributed by atoms with van der Waals surface area (Å²) >= 11 is 0. The number of hydrogen-bond acceptors (Lipinski definition) is 4. The zero-order chi connectivity index (χ0) is 22.6. The van der Waals surface area contributed by atoms with Crippen LogP contribution in [0.15, 0.2) is 67.0 Å². The molecular weight excluding hydrogens is 419 g/mol. The SMILES string of the molecule is O=C(Cc1ccncc1)N1CCO[C@H](c2cccc(Cc3ccccc3C(F)(F)F)n2)C1. The number of pyridine rings is 2. The molecule has 1 aliphatic heterocycles. The third kappa shape index (κ3) is 5.31. The second-order valence-corrected chi connectivity index (χ2v) is 7.62. The van der Waals surface area contributed by atoms with E-state index in [0.29, 0.717) is 31.1 Å². The molecule has 1 amide bonds. The third-order valence-corrected chi connectivity index (χ3v) is 5.38. The van der Waals surface area contributed by atoms with Gasteiger partial charge in [-0.05, 0) is 41.5 Å². The fourth-order valence-electron chi connectivity index (χ4n) is 3.76. The molecule has 4 rings (SSSR count). The first-order valence-electron chi connectivity index (χ1n) is 10.3. The van der Waals surface area contributed by atoms with E-state index in [2.05, 4.69) is 9.97 Å². The number of amides is 1. The molecule has 1 atom stereocenters. The molecule has 1 aromatic carbocycles. The predicted molar refractivity (Wildman–Crippen MR) is 112 cm³/mol. The Morgan fingerprint density at radius 1 is 1.06 bits per heavy atom. The molecule has 1 aliphatic rings. The second kappa shape index (κ2) is 9.48. The van der Waals surface area contributed by atoms with Gasteiger partial charge >= 0.3 is 6.18 Å². The van der Waals surface area contributed by atoms with E-state index >= 15 is 0 Å². The molecule has 3 aromatic rings. The summed E-state index contributed by atoms with van der Waals surface area (Å²) in [5, 5.41) is 0. The van der Waals surface area contributed by atoms with Crippen molar-refractivity contribution in [2.24, 2.45) is 0 Å². The second-order valence-electron chi connectivity index (χ2n) is 7.62. The van der Waals surface area contributed by atoms with Crippen molar-refractivity contribution in [2.45, 2.75) is 25.1 Å². The minimum Gasteiger partial charge on any atom is -0.368 e. The molecule has 1 fully saturated rings. The number of benzene rings is 1. The lowest BCUT2D eigenvalue weighted by molar-refractivity contribution is -0.139. The molecule has 32 heavy (non-hydrogen) atoms. The van der Waals surface area contributed by atoms with Gasteiger partial charge in [-0.3, -0.25) is 14.8 Å². The third-order valence-electron chi connectivity index (χ3n) is 5.38. The number of morpholine rings is 1. The molecule has 2 aromatic heterocycles. The lowest BCUT2D eigenvalue weighted by Gasteiger charge is -2.33. The molecule has 5 nitrogen and oxygen atoms in total. The van der Waals surface area contributed by atoms with Gasteiger partial charge in [-0.1, -0.05) is 24.3 Å². The van der Waals surface area contributed by atoms with Crippen LogP contribution in [0.2, 0.25) is 0 Å². The van der Waals surface area contributed by atoms with Crippen molar-refractivity contribution < 1.29 is 22.7 Å². The van der Waals surface area contributed by atoms with Gasteiger partial charge in [0.1, 0.15) is 6.10 Å². The molecule has 8 heteroatoms. The number of carbonyl (C=O) groups excluding carboxylic acids is 1. The van der Waals surface area contributed by atoms with Crippen LogP contribution >= 0.6 is 0 Å². The smallest absolute Gasteiger partial charge is 0.368 e. The highest BCUT2D eigenvalue weighted by molar-refractivity contribution is 5.78. The van der Waals surface area contributed by atoms with Crippen LogP contribution in [0.25, 0.3) is 0 Å². The van der Waals surface area contributed by atoms with Gasteiger partial charge < -0.3 is 9.64 Å². The van der Waals surface area contributed by atoms with Crippen LogP contribution in [0.4, 0.5) is 13.2 Å². The van der Waals surface area contributed by atoms with Crippen molar-refractivity contribution >= 4 is 5.91 Å². The monoisotopic (exact) mass is 441 g/mol. The Morgan fingerprint density at radius 3 is 2.62 bits per heavy atom. The Morgan fingerprint density at radius 2 is 1.84 bits per heavy atom. The van der Waals surface area contributed by atoms with E-state index in [-0.39, 0.29) is 24.3 Å². The van der Waals surface area contributed by atoms with Crippen LogP contribution in [0, 0.1) is 0 Å². The molecule has 0 unspecified atom stereocenters. The van der Waals surface area contributed by atoms with Crippen LogP contribution in [0.1, 0.15) is 34.2 Å². The summed E-state index contributed by atoms with van der Waals surface area (Å²) in [6.45, 7) is 1.20. The quantitative estimate of drug-likeness (QED) is 0.595. The molecule has 166 valence electrons. The number of nitrogens with zero attached hydrogens (tertiary/aromatic N) is 3. The molecule has 0 aliphatic carbocycles. The first kappa shape index (κ1) is 22.0. The molecule has 1 saturated heterocycles. The number of alkyl halides is 3. The Kier molecular flexibility index (Phi) is 6.50. The van der Waals surface area contributed by atoms with E-state index in [1.807, 2.05) is 0 Å². The maximum Gasteiger partial charge on any atom is 0.416 e. The number of halogens is 3. The van der Waals surface area contributed by atoms with Gasteiger partial charge in [0.2, 0.25) is 5.91 Å². The van der Waals surface area contributed by atoms with E-state index in [4.69, 9.17) is 4.74 Å². The van der Waals surface area contributed by atoms with E-state index in [1.54, 1.807) is 53.7 Å². The van der Waals surface area contributed by atoms with Gasteiger partial charge in [0, 0.05) is 31.1 Å². The summed E-state index contributed by atoms with van der Waals surface area (Å²) < 4.78 is 45.8. The molecule has 0 saturated carbocycles. The summed E-state index contributed by atoms with van der Waals surface area (Å²) in [5.41, 5.74) is 1.52. The van der Waals surface area contributed by atoms with E-state index in [9.17, 15) is 18.0 Å². The Bertz CT molecular complexity index is 1070. The van der Waals surface area contributed by atoms with Gasteiger partial charge in [-0.25, -0.2) is 0 Å². The largest absolute Gasteiger partial charge is 0.416 e. The summed E-state index contributed by atoms with van der Waals surface area (Å²) in [6, 6.07) is 14.4. The first-order chi connectivity index (χ1) is 15.4. The molecular formula is C24H22F3N3O2. The number of ether oxygens (including phenoxy) is 1. The van der Waals surface area contributed by atoms with Gasteiger partial charge in [0.15, 0.2) is 0 Å². The van der Waals surface area contributed by atoms with Gasteiger partial charge in [0.25, 0.3) is 0 Å². The lowest BCUT2D eigenvalue weighted by Crippen LogP contribution is -2.43. The van der Waals surface area contributed by atoms with Gasteiger partial charge in [0.05, 0.1) is 30.8 Å². The standard InChI is InChI=1S/C24H22F3N3O2/c25-24(26,27)20-6-2-1-4-18(20)15-19-5-3-7-21(29-19)22-16-30(12-13-32-22)23(31)14-17-8-10-28-11-9-17/h1-11,22H,12-16H2/t22-/m0/s1. The summed E-state index contributed by atoms with van der Waals surface area (Å²) in [7, 11) is 0. The summed E-state index contributed by atoms with van der Waals surface area (Å²) in [4.78, 5) is 23.0. The van der Waals surface area contributed by atoms with Crippen molar-refractivity contribution in [3.63, 3.8) is 0 Å². The summed E-state index contributed by atoms with van der Waals surface area (Å²) in [5.74, 6) is -0.0141. The molecule has 0 spiro atoms. The molecule has 3 heterocycles. The highest BCUT2D eigenvalue weighted by Gasteiger charge is 2.33. The normalized spacial score (nSPS) is 16.7. The van der Waals surface area contributed by atoms with Gasteiger partial charge in [-0.2, -0.15) is 13.2 Å². The molecule has 0 bridgehead atoms. The zero-order valence-electron chi connectivity index (χ0n) is 17.3. The van der Waals surface area contributed by atoms with Crippen LogP contribution in [-0.2, 0) is 28.5 Å². The minimum absolute atomic E-state index is 0.0141. The number of rotatable bonds is 5. The highest BCUT2D eigenvalue weighted by atomic mass is 19.4. The fraction of sp³-hybridized carbons (Fsp3) is 0.292. The Labute approximate surface area is 183 Å². The van der Waals surface area contributed by atoms with Crippen LogP contribution < -0.4 is 0 Å². The number of carbonyl (C=O) groups is 1. The average molecular weight is 441 g/mol. The van der Waals surface area contributed by atoms with Crippen molar-refractivity contribution in [1.29, 1.82) is 0 Å². The Balaban J connectivity index is 1.47. The van der Waals surface area contributed by atoms with E-state index in [1.165, 1.54) is 12.1 Å². The van der Waals surface area contributed by atoms with Crippen molar-refractivity contribution in [2.75, 3.05) is 19.7 Å². The van der Waals surface area contributed by atoms with E-state index < -0.39 is 17.8 Å². The lowest BCUT2D eigenvalue weighted by atomic mass is 10.0. The van der Waals surface area contributed by atoms with Crippen LogP contribution in [-0.4, -0.2) is 40.5 Å². The minimum atomic E-state index is -4.42. The van der Waals surface area contributed by atoms with E-state index in [0.717, 1.165) is 11.6 Å². The van der Waals surface area contributed by atoms with Crippen LogP contribution in [0.5, 0.6) is 0 Å². The van der Waals surface area contributed by atoms with Crippen molar-refractivity contribution in [3.05, 3.63) is 95.1 Å². The van der Waals surface area contributed by atoms with Crippen molar-refractivity contribution in [1.82, 2.24) is 14.9 Å². The van der Waals surface area contributed by atoms with Crippen molar-refractivity contribution in [3.8, 4) is 0 Å². The fourth-order valence-corrected chi connectivity index (χ4v) is 3.76. The molecule has 0 radical (unpaired) electrons. The topological polar surface area (TPSA) is 55.3 Å². The zero-order valence-corrected chi connectivity index (χ0v) is 17.3. The number of aromatic nitrogens is 2. The maximum atomic E-state index is 13.3. The predicted octanol–water partition coefficient (Wildman–Crippen LogP) is 4.23. The Hall–Kier alpha value is -3.26. The average Bonchev–Trinajstić information content (AvgIpc) is 2.80.